The zero-order valence-electron chi connectivity index (χ0n) is 6.17. The third-order valence-corrected chi connectivity index (χ3v) is 1.46. The molecule has 0 radical (unpaired) electrons. The number of hydrogen-bond acceptors (Lipinski definition) is 3. The third-order valence-electron chi connectivity index (χ3n) is 1.46. The van der Waals surface area contributed by atoms with E-state index < -0.39 is 17.8 Å². The Hall–Kier alpha value is -1.53. The van der Waals surface area contributed by atoms with Crippen molar-refractivity contribution in [3.05, 3.63) is 12.3 Å². The Kier molecular flexibility index (Phi) is 2.02. The van der Waals surface area contributed by atoms with Crippen molar-refractivity contribution in [2.24, 2.45) is 4.99 Å². The molecular formula is C6H5F3N2O2. The molecule has 7 heteroatoms. The first-order valence-corrected chi connectivity index (χ1v) is 3.18. The van der Waals surface area contributed by atoms with Crippen molar-refractivity contribution in [3.63, 3.8) is 0 Å². The summed E-state index contributed by atoms with van der Waals surface area (Å²) in [6, 6.07) is 0. The molecule has 0 spiro atoms. The van der Waals surface area contributed by atoms with Crippen molar-refractivity contribution < 1.29 is 23.1 Å². The Morgan fingerprint density at radius 2 is 2.15 bits per heavy atom. The van der Waals surface area contributed by atoms with Crippen LogP contribution in [0.2, 0.25) is 0 Å². The molecule has 72 valence electrons. The molecule has 0 saturated carbocycles. The fourth-order valence-electron chi connectivity index (χ4n) is 0.797. The molecule has 0 aliphatic carbocycles. The molecule has 1 unspecified atom stereocenters. The van der Waals surface area contributed by atoms with Crippen molar-refractivity contribution in [3.8, 4) is 0 Å². The number of halogens is 3. The SMILES string of the molecule is O=C(O)C1(C(F)(F)F)N=CC=CN1. The number of aliphatic carboxylic acids is 1. The maximum Gasteiger partial charge on any atom is 0.443 e. The summed E-state index contributed by atoms with van der Waals surface area (Å²) >= 11 is 0. The van der Waals surface area contributed by atoms with E-state index in [2.05, 4.69) is 4.99 Å². The first-order valence-electron chi connectivity index (χ1n) is 3.18. The number of alkyl halides is 3. The number of hydrogen-bond donors (Lipinski definition) is 2. The Balaban J connectivity index is 3.10. The van der Waals surface area contributed by atoms with Gasteiger partial charge in [0.25, 0.3) is 0 Å². The lowest BCUT2D eigenvalue weighted by atomic mass is 10.1. The molecule has 1 atom stereocenters. The van der Waals surface area contributed by atoms with E-state index in [0.29, 0.717) is 0 Å². The molecular weight excluding hydrogens is 189 g/mol. The number of nitrogens with one attached hydrogen (secondary N) is 1. The molecule has 4 nitrogen and oxygen atoms in total. The Bertz CT molecular complexity index is 284. The molecule has 13 heavy (non-hydrogen) atoms. The molecule has 0 aromatic carbocycles. The van der Waals surface area contributed by atoms with Crippen molar-refractivity contribution in [2.75, 3.05) is 0 Å². The van der Waals surface area contributed by atoms with E-state index >= 15 is 0 Å². The molecule has 0 aromatic rings. The van der Waals surface area contributed by atoms with Crippen LogP contribution < -0.4 is 5.32 Å². The molecule has 0 aromatic heterocycles. The first-order chi connectivity index (χ1) is 5.90. The molecule has 1 aliphatic rings. The van der Waals surface area contributed by atoms with Gasteiger partial charge in [-0.2, -0.15) is 13.2 Å². The van der Waals surface area contributed by atoms with Crippen LogP contribution in [0.3, 0.4) is 0 Å². The Morgan fingerprint density at radius 1 is 1.54 bits per heavy atom. The van der Waals surface area contributed by atoms with Crippen LogP contribution in [-0.4, -0.2) is 29.1 Å². The summed E-state index contributed by atoms with van der Waals surface area (Å²) in [4.78, 5) is 13.3. The highest BCUT2D eigenvalue weighted by molar-refractivity contribution is 5.85. The summed E-state index contributed by atoms with van der Waals surface area (Å²) in [6.07, 6.45) is -2.13. The molecule has 1 aliphatic heterocycles. The van der Waals surface area contributed by atoms with Crippen LogP contribution in [-0.2, 0) is 4.79 Å². The maximum atomic E-state index is 12.3. The van der Waals surface area contributed by atoms with Crippen LogP contribution in [0.25, 0.3) is 0 Å². The van der Waals surface area contributed by atoms with E-state index in [4.69, 9.17) is 5.11 Å². The lowest BCUT2D eigenvalue weighted by molar-refractivity contribution is -0.205. The minimum Gasteiger partial charge on any atom is -0.478 e. The van der Waals surface area contributed by atoms with Gasteiger partial charge in [-0.3, -0.25) is 0 Å². The molecule has 1 heterocycles. The standard InChI is InChI=1S/C6H5F3N2O2/c7-6(8,9)5(4(12)13)10-2-1-3-11-5/h1-3,10H,(H,12,13). The van der Waals surface area contributed by atoms with E-state index in [1.165, 1.54) is 6.08 Å². The van der Waals surface area contributed by atoms with Gasteiger partial charge in [0, 0.05) is 12.4 Å². The fourth-order valence-corrected chi connectivity index (χ4v) is 0.797. The monoisotopic (exact) mass is 194 g/mol. The molecule has 1 rings (SSSR count). The predicted molar refractivity (Wildman–Crippen MR) is 37.2 cm³/mol. The fraction of sp³-hybridized carbons (Fsp3) is 0.333. The van der Waals surface area contributed by atoms with E-state index in [9.17, 15) is 18.0 Å². The van der Waals surface area contributed by atoms with E-state index in [1.807, 2.05) is 0 Å². The van der Waals surface area contributed by atoms with Crippen LogP contribution in [0.15, 0.2) is 17.3 Å². The second-order valence-corrected chi connectivity index (χ2v) is 2.29. The average molecular weight is 194 g/mol. The molecule has 0 fully saturated rings. The zero-order valence-corrected chi connectivity index (χ0v) is 6.17. The number of carbonyl (C=O) groups is 1. The first kappa shape index (κ1) is 9.56. The lowest BCUT2D eigenvalue weighted by Gasteiger charge is -2.28. The minimum absolute atomic E-state index is 0.790. The highest BCUT2D eigenvalue weighted by atomic mass is 19.4. The van der Waals surface area contributed by atoms with Gasteiger partial charge in [0.2, 0.25) is 0 Å². The topological polar surface area (TPSA) is 61.7 Å². The Morgan fingerprint density at radius 3 is 2.38 bits per heavy atom. The normalized spacial score (nSPS) is 27.0. The molecule has 0 amide bonds. The van der Waals surface area contributed by atoms with Gasteiger partial charge in [0.05, 0.1) is 0 Å². The predicted octanol–water partition coefficient (Wildman–Crippen LogP) is 0.517. The van der Waals surface area contributed by atoms with Crippen molar-refractivity contribution in [1.29, 1.82) is 0 Å². The van der Waals surface area contributed by atoms with Gasteiger partial charge in [-0.1, -0.05) is 0 Å². The highest BCUT2D eigenvalue weighted by Crippen LogP contribution is 2.32. The maximum absolute atomic E-state index is 12.3. The minimum atomic E-state index is -4.97. The van der Waals surface area contributed by atoms with Gasteiger partial charge in [0.15, 0.2) is 0 Å². The van der Waals surface area contributed by atoms with Crippen molar-refractivity contribution in [1.82, 2.24) is 5.32 Å². The average Bonchev–Trinajstić information content (AvgIpc) is 2.03. The summed E-state index contributed by atoms with van der Waals surface area (Å²) in [5.41, 5.74) is -3.23. The summed E-state index contributed by atoms with van der Waals surface area (Å²) in [6.45, 7) is 0. The third kappa shape index (κ3) is 1.36. The highest BCUT2D eigenvalue weighted by Gasteiger charge is 2.61. The van der Waals surface area contributed by atoms with Crippen molar-refractivity contribution in [2.45, 2.75) is 11.8 Å². The summed E-state index contributed by atoms with van der Waals surface area (Å²) in [5.74, 6) is -2.08. The molecule has 0 saturated heterocycles. The van der Waals surface area contributed by atoms with Gasteiger partial charge in [-0.15, -0.1) is 0 Å². The van der Waals surface area contributed by atoms with Gasteiger partial charge in [-0.25, -0.2) is 9.79 Å². The quantitative estimate of drug-likeness (QED) is 0.639. The summed E-state index contributed by atoms with van der Waals surface area (Å²) in [7, 11) is 0. The van der Waals surface area contributed by atoms with Crippen molar-refractivity contribution >= 4 is 12.2 Å². The van der Waals surface area contributed by atoms with Crippen LogP contribution >= 0.6 is 0 Å². The van der Waals surface area contributed by atoms with E-state index in [-0.39, 0.29) is 0 Å². The Labute approximate surface area is 70.8 Å². The van der Waals surface area contributed by atoms with Crippen LogP contribution in [0.5, 0.6) is 0 Å². The zero-order chi connectivity index (χ0) is 10.1. The van der Waals surface area contributed by atoms with Crippen LogP contribution in [0.4, 0.5) is 13.2 Å². The second kappa shape index (κ2) is 2.75. The molecule has 0 bridgehead atoms. The smallest absolute Gasteiger partial charge is 0.443 e. The number of allylic oxidation sites excluding steroid dienone is 1. The second-order valence-electron chi connectivity index (χ2n) is 2.29. The number of carboxylic acids is 1. The number of rotatable bonds is 1. The summed E-state index contributed by atoms with van der Waals surface area (Å²) in [5, 5.41) is 10.1. The van der Waals surface area contributed by atoms with Gasteiger partial charge < -0.3 is 10.4 Å². The number of aliphatic imine (C=N–C) groups is 1. The summed E-state index contributed by atoms with van der Waals surface area (Å²) < 4.78 is 36.8. The largest absolute Gasteiger partial charge is 0.478 e. The number of carboxylic acid groups (broad SMARTS) is 1. The lowest BCUT2D eigenvalue weighted by Crippen LogP contribution is -2.60. The van der Waals surface area contributed by atoms with Crippen LogP contribution in [0.1, 0.15) is 0 Å². The number of nitrogens with zero attached hydrogens (tertiary/aromatic N) is 1. The van der Waals surface area contributed by atoms with Crippen LogP contribution in [0, 0.1) is 0 Å². The van der Waals surface area contributed by atoms with Gasteiger partial charge in [-0.05, 0) is 6.08 Å². The van der Waals surface area contributed by atoms with Gasteiger partial charge >= 0.3 is 17.8 Å². The van der Waals surface area contributed by atoms with Gasteiger partial charge in [0.1, 0.15) is 0 Å². The molecule has 2 N–H and O–H groups in total. The van der Waals surface area contributed by atoms with E-state index in [0.717, 1.165) is 12.4 Å². The van der Waals surface area contributed by atoms with E-state index in [1.54, 1.807) is 5.32 Å².